The SMILES string of the molecule is COc1cccc(OC)c1C(=O)N1CCC(NS(=O)(=O)c2ccc([N+](=O)[O-])cc2)CC1. The fraction of sp³-hybridized carbons (Fsp3) is 0.350. The lowest BCUT2D eigenvalue weighted by molar-refractivity contribution is -0.384. The molecule has 1 saturated heterocycles. The van der Waals surface area contributed by atoms with Crippen LogP contribution in [0.1, 0.15) is 23.2 Å². The number of carbonyl (C=O) groups excluding carboxylic acids is 1. The molecule has 0 saturated carbocycles. The number of ether oxygens (including phenoxy) is 2. The zero-order valence-electron chi connectivity index (χ0n) is 17.1. The Kier molecular flexibility index (Phi) is 6.76. The lowest BCUT2D eigenvalue weighted by Crippen LogP contribution is -2.46. The number of rotatable bonds is 7. The quantitative estimate of drug-likeness (QED) is 0.507. The van der Waals surface area contributed by atoms with Crippen LogP contribution >= 0.6 is 0 Å². The number of likely N-dealkylation sites (tertiary alicyclic amines) is 1. The topological polar surface area (TPSA) is 128 Å². The third-order valence-electron chi connectivity index (χ3n) is 5.10. The molecule has 0 bridgehead atoms. The molecule has 1 aliphatic heterocycles. The Bertz CT molecular complexity index is 1040. The average molecular weight is 449 g/mol. The van der Waals surface area contributed by atoms with Gasteiger partial charge >= 0.3 is 0 Å². The molecule has 3 rings (SSSR count). The zero-order valence-corrected chi connectivity index (χ0v) is 17.9. The molecule has 31 heavy (non-hydrogen) atoms. The first-order valence-electron chi connectivity index (χ1n) is 9.54. The minimum Gasteiger partial charge on any atom is -0.496 e. The van der Waals surface area contributed by atoms with Gasteiger partial charge in [-0.05, 0) is 37.1 Å². The summed E-state index contributed by atoms with van der Waals surface area (Å²) in [6.07, 6.45) is 0.852. The standard InChI is InChI=1S/C20H23N3O7S/c1-29-17-4-3-5-18(30-2)19(17)20(24)22-12-10-14(11-13-22)21-31(27,28)16-8-6-15(7-9-16)23(25)26/h3-9,14,21H,10-13H2,1-2H3. The average Bonchev–Trinajstić information content (AvgIpc) is 2.78. The van der Waals surface area contributed by atoms with Crippen molar-refractivity contribution in [2.75, 3.05) is 27.3 Å². The van der Waals surface area contributed by atoms with Gasteiger partial charge in [-0.15, -0.1) is 0 Å². The number of piperidine rings is 1. The van der Waals surface area contributed by atoms with Crippen LogP contribution in [0, 0.1) is 10.1 Å². The van der Waals surface area contributed by atoms with Crippen LogP contribution in [-0.4, -0.2) is 57.5 Å². The van der Waals surface area contributed by atoms with Crippen molar-refractivity contribution in [1.82, 2.24) is 9.62 Å². The molecule has 10 nitrogen and oxygen atoms in total. The van der Waals surface area contributed by atoms with Crippen molar-refractivity contribution in [3.05, 3.63) is 58.1 Å². The minimum absolute atomic E-state index is 0.0460. The molecular weight excluding hydrogens is 426 g/mol. The fourth-order valence-corrected chi connectivity index (χ4v) is 4.76. The number of nitrogens with one attached hydrogen (secondary N) is 1. The first kappa shape index (κ1) is 22.5. The summed E-state index contributed by atoms with van der Waals surface area (Å²) in [4.78, 5) is 24.8. The van der Waals surface area contributed by atoms with E-state index in [0.29, 0.717) is 43.0 Å². The van der Waals surface area contributed by atoms with Gasteiger partial charge in [-0.2, -0.15) is 0 Å². The number of hydrogen-bond acceptors (Lipinski definition) is 7. The van der Waals surface area contributed by atoms with Gasteiger partial charge < -0.3 is 14.4 Å². The lowest BCUT2D eigenvalue weighted by Gasteiger charge is -2.32. The van der Waals surface area contributed by atoms with Gasteiger partial charge in [0.25, 0.3) is 11.6 Å². The van der Waals surface area contributed by atoms with E-state index in [9.17, 15) is 23.3 Å². The van der Waals surface area contributed by atoms with Gasteiger partial charge in [-0.3, -0.25) is 14.9 Å². The van der Waals surface area contributed by atoms with E-state index in [1.165, 1.54) is 26.4 Å². The number of amides is 1. The highest BCUT2D eigenvalue weighted by molar-refractivity contribution is 7.89. The summed E-state index contributed by atoms with van der Waals surface area (Å²) in [6, 6.07) is 9.44. The minimum atomic E-state index is -3.83. The summed E-state index contributed by atoms with van der Waals surface area (Å²) in [5.74, 6) is 0.571. The van der Waals surface area contributed by atoms with E-state index in [1.807, 2.05) is 0 Å². The predicted molar refractivity (Wildman–Crippen MR) is 112 cm³/mol. The Balaban J connectivity index is 1.66. The number of nitro benzene ring substituents is 1. The van der Waals surface area contributed by atoms with Crippen LogP contribution in [0.25, 0.3) is 0 Å². The number of hydrogen-bond donors (Lipinski definition) is 1. The van der Waals surface area contributed by atoms with Crippen LogP contribution in [0.2, 0.25) is 0 Å². The molecule has 0 spiro atoms. The van der Waals surface area contributed by atoms with Gasteiger partial charge in [0.05, 0.1) is 24.0 Å². The van der Waals surface area contributed by atoms with Crippen molar-refractivity contribution in [3.63, 3.8) is 0 Å². The second-order valence-electron chi connectivity index (χ2n) is 6.98. The number of nitro groups is 1. The Morgan fingerprint density at radius 3 is 2.10 bits per heavy atom. The van der Waals surface area contributed by atoms with Crippen molar-refractivity contribution < 1.29 is 27.6 Å². The second kappa shape index (κ2) is 9.31. The summed E-state index contributed by atoms with van der Waals surface area (Å²) >= 11 is 0. The van der Waals surface area contributed by atoms with Crippen molar-refractivity contribution in [1.29, 1.82) is 0 Å². The third kappa shape index (κ3) is 4.94. The summed E-state index contributed by atoms with van der Waals surface area (Å²) in [5.41, 5.74) is 0.148. The maximum absolute atomic E-state index is 13.0. The molecule has 1 fully saturated rings. The van der Waals surface area contributed by atoms with E-state index in [4.69, 9.17) is 9.47 Å². The second-order valence-corrected chi connectivity index (χ2v) is 8.69. The molecule has 0 atom stereocenters. The Morgan fingerprint density at radius 2 is 1.61 bits per heavy atom. The van der Waals surface area contributed by atoms with Crippen LogP contribution in [0.4, 0.5) is 5.69 Å². The Morgan fingerprint density at radius 1 is 1.06 bits per heavy atom. The highest BCUT2D eigenvalue weighted by Gasteiger charge is 2.30. The zero-order chi connectivity index (χ0) is 22.6. The van der Waals surface area contributed by atoms with E-state index in [2.05, 4.69) is 4.72 Å². The van der Waals surface area contributed by atoms with Gasteiger partial charge in [0.2, 0.25) is 10.0 Å². The summed E-state index contributed by atoms with van der Waals surface area (Å²) < 4.78 is 38.4. The van der Waals surface area contributed by atoms with E-state index >= 15 is 0 Å². The van der Waals surface area contributed by atoms with Gasteiger partial charge in [-0.1, -0.05) is 6.07 Å². The van der Waals surface area contributed by atoms with E-state index in [-0.39, 0.29) is 22.5 Å². The number of benzene rings is 2. The highest BCUT2D eigenvalue weighted by Crippen LogP contribution is 2.30. The molecule has 11 heteroatoms. The van der Waals surface area contributed by atoms with Gasteiger partial charge in [0.15, 0.2) is 0 Å². The number of carbonyl (C=O) groups is 1. The van der Waals surface area contributed by atoms with E-state index in [0.717, 1.165) is 12.1 Å². The molecular formula is C20H23N3O7S. The molecule has 1 aliphatic rings. The van der Waals surface area contributed by atoms with Crippen LogP contribution in [0.15, 0.2) is 47.4 Å². The fourth-order valence-electron chi connectivity index (χ4n) is 3.45. The first-order chi connectivity index (χ1) is 14.8. The number of non-ortho nitro benzene ring substituents is 1. The molecule has 0 radical (unpaired) electrons. The van der Waals surface area contributed by atoms with Gasteiger partial charge in [0.1, 0.15) is 17.1 Å². The summed E-state index contributed by atoms with van der Waals surface area (Å²) in [6.45, 7) is 0.709. The van der Waals surface area contributed by atoms with Crippen LogP contribution in [0.3, 0.4) is 0 Å². The van der Waals surface area contributed by atoms with Crippen LogP contribution in [-0.2, 0) is 10.0 Å². The molecule has 0 aromatic heterocycles. The molecule has 1 heterocycles. The normalized spacial score (nSPS) is 14.8. The van der Waals surface area contributed by atoms with Crippen molar-refractivity contribution >= 4 is 21.6 Å². The number of nitrogens with zero attached hydrogens (tertiary/aromatic N) is 2. The van der Waals surface area contributed by atoms with Gasteiger partial charge in [-0.25, -0.2) is 13.1 Å². The summed E-state index contributed by atoms with van der Waals surface area (Å²) in [7, 11) is -0.876. The van der Waals surface area contributed by atoms with Crippen molar-refractivity contribution in [2.45, 2.75) is 23.8 Å². The van der Waals surface area contributed by atoms with Crippen LogP contribution < -0.4 is 14.2 Å². The lowest BCUT2D eigenvalue weighted by atomic mass is 10.0. The first-order valence-corrected chi connectivity index (χ1v) is 11.0. The molecule has 2 aromatic rings. The monoisotopic (exact) mass is 449 g/mol. The molecule has 2 aromatic carbocycles. The van der Waals surface area contributed by atoms with Crippen molar-refractivity contribution in [2.24, 2.45) is 0 Å². The highest BCUT2D eigenvalue weighted by atomic mass is 32.2. The molecule has 1 N–H and O–H groups in total. The molecule has 1 amide bonds. The smallest absolute Gasteiger partial charge is 0.269 e. The third-order valence-corrected chi connectivity index (χ3v) is 6.64. The van der Waals surface area contributed by atoms with Crippen LogP contribution in [0.5, 0.6) is 11.5 Å². The Labute approximate surface area is 180 Å². The Hall–Kier alpha value is -3.18. The number of sulfonamides is 1. The predicted octanol–water partition coefficient (Wildman–Crippen LogP) is 2.20. The largest absolute Gasteiger partial charge is 0.496 e. The maximum atomic E-state index is 13.0. The molecule has 0 aliphatic carbocycles. The van der Waals surface area contributed by atoms with E-state index < -0.39 is 14.9 Å². The molecule has 0 unspecified atom stereocenters. The van der Waals surface area contributed by atoms with E-state index in [1.54, 1.807) is 23.1 Å². The molecule has 166 valence electrons. The summed E-state index contributed by atoms with van der Waals surface area (Å²) in [5, 5.41) is 10.7. The van der Waals surface area contributed by atoms with Gasteiger partial charge in [0, 0.05) is 31.3 Å². The maximum Gasteiger partial charge on any atom is 0.269 e. The number of methoxy groups -OCH3 is 2. The van der Waals surface area contributed by atoms with Crippen molar-refractivity contribution in [3.8, 4) is 11.5 Å².